The van der Waals surface area contributed by atoms with Gasteiger partial charge in [0.05, 0.1) is 5.69 Å². The monoisotopic (exact) mass is 279 g/mol. The van der Waals surface area contributed by atoms with Gasteiger partial charge < -0.3 is 10.3 Å². The van der Waals surface area contributed by atoms with Crippen LogP contribution in [0.2, 0.25) is 0 Å². The van der Waals surface area contributed by atoms with Crippen LogP contribution in [0.4, 0.5) is 5.95 Å². The standard InChI is InChI=1S/C12H14BrN3/c1-7-4-5-9(13)6-10(7)11-8(2)16(3)12(14)15-11/h4-6H,1-3H3,(H2,14,15). The Morgan fingerprint density at radius 3 is 2.56 bits per heavy atom. The van der Waals surface area contributed by atoms with Gasteiger partial charge in [-0.3, -0.25) is 0 Å². The van der Waals surface area contributed by atoms with E-state index in [9.17, 15) is 0 Å². The number of anilines is 1. The zero-order chi connectivity index (χ0) is 11.9. The molecule has 0 atom stereocenters. The number of nitrogens with zero attached hydrogens (tertiary/aromatic N) is 2. The molecule has 1 aromatic heterocycles. The second-order valence-electron chi connectivity index (χ2n) is 3.92. The van der Waals surface area contributed by atoms with Gasteiger partial charge in [-0.15, -0.1) is 0 Å². The van der Waals surface area contributed by atoms with Crippen molar-refractivity contribution in [1.82, 2.24) is 9.55 Å². The molecule has 3 nitrogen and oxygen atoms in total. The molecule has 0 unspecified atom stereocenters. The summed E-state index contributed by atoms with van der Waals surface area (Å²) in [4.78, 5) is 4.40. The van der Waals surface area contributed by atoms with Gasteiger partial charge in [-0.2, -0.15) is 0 Å². The number of nitrogens with two attached hydrogens (primary N) is 1. The molecule has 0 saturated heterocycles. The van der Waals surface area contributed by atoms with Crippen molar-refractivity contribution >= 4 is 21.9 Å². The number of halogens is 1. The van der Waals surface area contributed by atoms with Crippen molar-refractivity contribution in [3.05, 3.63) is 33.9 Å². The lowest BCUT2D eigenvalue weighted by molar-refractivity contribution is 0.889. The number of aromatic nitrogens is 2. The van der Waals surface area contributed by atoms with E-state index in [1.807, 2.05) is 24.6 Å². The fraction of sp³-hybridized carbons (Fsp3) is 0.250. The molecule has 16 heavy (non-hydrogen) atoms. The Hall–Kier alpha value is -1.29. The fourth-order valence-corrected chi connectivity index (χ4v) is 2.07. The molecule has 0 spiro atoms. The molecule has 0 amide bonds. The van der Waals surface area contributed by atoms with Gasteiger partial charge in [0.15, 0.2) is 0 Å². The average Bonchev–Trinajstić information content (AvgIpc) is 2.50. The third-order valence-corrected chi connectivity index (χ3v) is 3.36. The van der Waals surface area contributed by atoms with E-state index in [1.165, 1.54) is 5.56 Å². The summed E-state index contributed by atoms with van der Waals surface area (Å²) >= 11 is 3.48. The summed E-state index contributed by atoms with van der Waals surface area (Å²) in [6, 6.07) is 6.17. The molecule has 0 aliphatic rings. The van der Waals surface area contributed by atoms with Crippen LogP contribution < -0.4 is 5.73 Å². The van der Waals surface area contributed by atoms with Crippen molar-refractivity contribution in [2.24, 2.45) is 7.05 Å². The van der Waals surface area contributed by atoms with Gasteiger partial charge in [0, 0.05) is 22.8 Å². The van der Waals surface area contributed by atoms with Crippen LogP contribution in [0.25, 0.3) is 11.3 Å². The van der Waals surface area contributed by atoms with E-state index in [-0.39, 0.29) is 0 Å². The number of benzene rings is 1. The van der Waals surface area contributed by atoms with E-state index in [1.54, 1.807) is 0 Å². The first-order valence-corrected chi connectivity index (χ1v) is 5.85. The number of rotatable bonds is 1. The maximum atomic E-state index is 5.81. The van der Waals surface area contributed by atoms with Crippen molar-refractivity contribution in [2.45, 2.75) is 13.8 Å². The Balaban J connectivity index is 2.67. The van der Waals surface area contributed by atoms with Gasteiger partial charge in [0.25, 0.3) is 0 Å². The first kappa shape index (κ1) is 11.2. The fourth-order valence-electron chi connectivity index (χ4n) is 1.71. The largest absolute Gasteiger partial charge is 0.369 e. The molecule has 2 rings (SSSR count). The maximum Gasteiger partial charge on any atom is 0.200 e. The van der Waals surface area contributed by atoms with Crippen LogP contribution in [0, 0.1) is 13.8 Å². The first-order valence-electron chi connectivity index (χ1n) is 5.06. The van der Waals surface area contributed by atoms with E-state index >= 15 is 0 Å². The van der Waals surface area contributed by atoms with Crippen LogP contribution in [0.15, 0.2) is 22.7 Å². The molecule has 2 N–H and O–H groups in total. The normalized spacial score (nSPS) is 10.8. The summed E-state index contributed by atoms with van der Waals surface area (Å²) in [6.45, 7) is 4.10. The smallest absolute Gasteiger partial charge is 0.200 e. The maximum absolute atomic E-state index is 5.81. The van der Waals surface area contributed by atoms with E-state index in [4.69, 9.17) is 5.73 Å². The number of aryl methyl sites for hydroxylation is 1. The summed E-state index contributed by atoms with van der Waals surface area (Å²) in [5.74, 6) is 0.548. The van der Waals surface area contributed by atoms with Crippen LogP contribution in [-0.2, 0) is 7.05 Å². The second kappa shape index (κ2) is 3.94. The SMILES string of the molecule is Cc1ccc(Br)cc1-c1nc(N)n(C)c1C. The molecule has 0 radical (unpaired) electrons. The molecular formula is C12H14BrN3. The Kier molecular flexibility index (Phi) is 2.76. The molecule has 0 aliphatic carbocycles. The van der Waals surface area contributed by atoms with Crippen LogP contribution in [0.5, 0.6) is 0 Å². The van der Waals surface area contributed by atoms with Crippen molar-refractivity contribution in [3.63, 3.8) is 0 Å². The molecule has 1 aromatic carbocycles. The molecule has 84 valence electrons. The number of nitrogen functional groups attached to an aromatic ring is 1. The molecule has 0 saturated carbocycles. The Morgan fingerprint density at radius 2 is 2.00 bits per heavy atom. The van der Waals surface area contributed by atoms with Crippen molar-refractivity contribution in [1.29, 1.82) is 0 Å². The molecular weight excluding hydrogens is 266 g/mol. The predicted molar refractivity (Wildman–Crippen MR) is 70.2 cm³/mol. The highest BCUT2D eigenvalue weighted by atomic mass is 79.9. The lowest BCUT2D eigenvalue weighted by Crippen LogP contribution is -1.97. The average molecular weight is 280 g/mol. The third kappa shape index (κ3) is 1.73. The summed E-state index contributed by atoms with van der Waals surface area (Å²) in [7, 11) is 1.93. The zero-order valence-electron chi connectivity index (χ0n) is 9.58. The lowest BCUT2D eigenvalue weighted by Gasteiger charge is -2.05. The minimum Gasteiger partial charge on any atom is -0.369 e. The Bertz CT molecular complexity index is 543. The molecule has 0 fully saturated rings. The van der Waals surface area contributed by atoms with Gasteiger partial charge in [-0.25, -0.2) is 4.98 Å². The Labute approximate surface area is 103 Å². The number of hydrogen-bond donors (Lipinski definition) is 1. The van der Waals surface area contributed by atoms with Gasteiger partial charge in [0.1, 0.15) is 0 Å². The first-order chi connectivity index (χ1) is 7.50. The van der Waals surface area contributed by atoms with E-state index < -0.39 is 0 Å². The minimum absolute atomic E-state index is 0.548. The van der Waals surface area contributed by atoms with Gasteiger partial charge in [-0.05, 0) is 31.5 Å². The highest BCUT2D eigenvalue weighted by Crippen LogP contribution is 2.29. The second-order valence-corrected chi connectivity index (χ2v) is 4.84. The number of imidazole rings is 1. The van der Waals surface area contributed by atoms with Crippen molar-refractivity contribution in [3.8, 4) is 11.3 Å². The van der Waals surface area contributed by atoms with Crippen LogP contribution >= 0.6 is 15.9 Å². The Morgan fingerprint density at radius 1 is 1.31 bits per heavy atom. The van der Waals surface area contributed by atoms with Crippen LogP contribution in [0.3, 0.4) is 0 Å². The van der Waals surface area contributed by atoms with Crippen LogP contribution in [0.1, 0.15) is 11.3 Å². The van der Waals surface area contributed by atoms with E-state index in [2.05, 4.69) is 40.0 Å². The summed E-state index contributed by atoms with van der Waals surface area (Å²) < 4.78 is 2.95. The molecule has 1 heterocycles. The van der Waals surface area contributed by atoms with Gasteiger partial charge in [-0.1, -0.05) is 22.0 Å². The molecule has 0 bridgehead atoms. The topological polar surface area (TPSA) is 43.8 Å². The predicted octanol–water partition coefficient (Wildman–Crippen LogP) is 3.05. The molecule has 2 aromatic rings. The number of hydrogen-bond acceptors (Lipinski definition) is 2. The highest BCUT2D eigenvalue weighted by Gasteiger charge is 2.12. The summed E-state index contributed by atoms with van der Waals surface area (Å²) in [5, 5.41) is 0. The highest BCUT2D eigenvalue weighted by molar-refractivity contribution is 9.10. The van der Waals surface area contributed by atoms with Crippen molar-refractivity contribution in [2.75, 3.05) is 5.73 Å². The quantitative estimate of drug-likeness (QED) is 0.872. The van der Waals surface area contributed by atoms with E-state index in [0.29, 0.717) is 5.95 Å². The lowest BCUT2D eigenvalue weighted by atomic mass is 10.0. The van der Waals surface area contributed by atoms with Gasteiger partial charge in [0.2, 0.25) is 5.95 Å². The molecule has 4 heteroatoms. The van der Waals surface area contributed by atoms with E-state index in [0.717, 1.165) is 21.4 Å². The summed E-state index contributed by atoms with van der Waals surface area (Å²) in [5.41, 5.74) is 10.2. The summed E-state index contributed by atoms with van der Waals surface area (Å²) in [6.07, 6.45) is 0. The molecule has 0 aliphatic heterocycles. The van der Waals surface area contributed by atoms with Crippen LogP contribution in [-0.4, -0.2) is 9.55 Å². The minimum atomic E-state index is 0.548. The van der Waals surface area contributed by atoms with Gasteiger partial charge >= 0.3 is 0 Å². The van der Waals surface area contributed by atoms with Crippen molar-refractivity contribution < 1.29 is 0 Å². The third-order valence-electron chi connectivity index (χ3n) is 2.87. The zero-order valence-corrected chi connectivity index (χ0v) is 11.2.